The van der Waals surface area contributed by atoms with Gasteiger partial charge >= 0.3 is 6.09 Å². The Balaban J connectivity index is 1.70. The number of benzene rings is 1. The quantitative estimate of drug-likeness (QED) is 0.923. The molecule has 0 unspecified atom stereocenters. The number of hydrogen-bond donors (Lipinski definition) is 1. The van der Waals surface area contributed by atoms with E-state index in [-0.39, 0.29) is 12.0 Å². The molecule has 1 saturated heterocycles. The Bertz CT molecular complexity index is 687. The van der Waals surface area contributed by atoms with Crippen LogP contribution in [-0.4, -0.2) is 59.6 Å². The first-order valence-corrected chi connectivity index (χ1v) is 7.47. The molecule has 116 valence electrons. The van der Waals surface area contributed by atoms with E-state index in [2.05, 4.69) is 4.98 Å². The number of rotatable bonds is 2. The zero-order valence-electron chi connectivity index (χ0n) is 12.5. The lowest BCUT2D eigenvalue weighted by atomic mass is 10.1. The molecule has 6 heteroatoms. The van der Waals surface area contributed by atoms with Crippen LogP contribution < -0.4 is 0 Å². The highest BCUT2D eigenvalue weighted by atomic mass is 16.6. The minimum absolute atomic E-state index is 0.00806. The summed E-state index contributed by atoms with van der Waals surface area (Å²) >= 11 is 0. The van der Waals surface area contributed by atoms with Gasteiger partial charge in [-0.3, -0.25) is 4.79 Å². The van der Waals surface area contributed by atoms with Crippen molar-refractivity contribution in [3.63, 3.8) is 0 Å². The maximum absolute atomic E-state index is 12.7. The summed E-state index contributed by atoms with van der Waals surface area (Å²) in [6.07, 6.45) is 1.53. The summed E-state index contributed by atoms with van der Waals surface area (Å²) in [5, 5.41) is 0.931. The monoisotopic (exact) mass is 301 g/mol. The second kappa shape index (κ2) is 6.09. The average Bonchev–Trinajstić information content (AvgIpc) is 3.03. The highest BCUT2D eigenvalue weighted by Crippen LogP contribution is 2.19. The van der Waals surface area contributed by atoms with Crippen molar-refractivity contribution in [2.45, 2.75) is 6.92 Å². The number of piperazine rings is 1. The van der Waals surface area contributed by atoms with Crippen molar-refractivity contribution in [1.29, 1.82) is 0 Å². The molecular weight excluding hydrogens is 282 g/mol. The summed E-state index contributed by atoms with van der Waals surface area (Å²) in [6, 6.07) is 7.58. The Morgan fingerprint density at radius 1 is 1.14 bits per heavy atom. The highest BCUT2D eigenvalue weighted by Gasteiger charge is 2.26. The molecule has 1 fully saturated rings. The van der Waals surface area contributed by atoms with Crippen molar-refractivity contribution in [1.82, 2.24) is 14.8 Å². The first kappa shape index (κ1) is 14.4. The van der Waals surface area contributed by atoms with E-state index < -0.39 is 0 Å². The third kappa shape index (κ3) is 2.64. The number of aromatic amines is 1. The maximum Gasteiger partial charge on any atom is 0.409 e. The summed E-state index contributed by atoms with van der Waals surface area (Å²) in [5.41, 5.74) is 1.65. The van der Waals surface area contributed by atoms with Crippen LogP contribution in [-0.2, 0) is 4.74 Å². The van der Waals surface area contributed by atoms with Crippen LogP contribution in [0.4, 0.5) is 4.79 Å². The molecule has 0 radical (unpaired) electrons. The fourth-order valence-corrected chi connectivity index (χ4v) is 2.75. The molecule has 1 aromatic carbocycles. The van der Waals surface area contributed by atoms with E-state index in [0.29, 0.717) is 38.3 Å². The molecule has 1 aromatic heterocycles. The fraction of sp³-hybridized carbons (Fsp3) is 0.375. The van der Waals surface area contributed by atoms with E-state index in [1.165, 1.54) is 0 Å². The van der Waals surface area contributed by atoms with Gasteiger partial charge in [-0.05, 0) is 25.1 Å². The molecular formula is C16H19N3O3. The standard InChI is InChI=1S/C16H19N3O3/c1-2-22-16(21)19-10-8-18(9-11-19)15(20)13-4-3-5-14-12(13)6-7-17-14/h3-7,17H,2,8-11H2,1H3. The minimum atomic E-state index is -0.303. The van der Waals surface area contributed by atoms with Crippen LogP contribution in [0.1, 0.15) is 17.3 Å². The molecule has 22 heavy (non-hydrogen) atoms. The summed E-state index contributed by atoms with van der Waals surface area (Å²) in [7, 11) is 0. The van der Waals surface area contributed by atoms with Gasteiger partial charge in [-0.2, -0.15) is 0 Å². The predicted molar refractivity (Wildman–Crippen MR) is 82.8 cm³/mol. The van der Waals surface area contributed by atoms with Gasteiger partial charge in [0.25, 0.3) is 5.91 Å². The number of amides is 2. The van der Waals surface area contributed by atoms with Crippen molar-refractivity contribution < 1.29 is 14.3 Å². The molecule has 2 amide bonds. The number of nitrogens with one attached hydrogen (secondary N) is 1. The normalized spacial score (nSPS) is 15.1. The number of carbonyl (C=O) groups excluding carboxylic acids is 2. The molecule has 2 heterocycles. The van der Waals surface area contributed by atoms with Crippen LogP contribution in [0.3, 0.4) is 0 Å². The van der Waals surface area contributed by atoms with Gasteiger partial charge in [0.05, 0.1) is 6.61 Å². The van der Waals surface area contributed by atoms with Crippen molar-refractivity contribution >= 4 is 22.9 Å². The lowest BCUT2D eigenvalue weighted by Gasteiger charge is -2.34. The minimum Gasteiger partial charge on any atom is -0.450 e. The lowest BCUT2D eigenvalue weighted by molar-refractivity contribution is 0.0572. The van der Waals surface area contributed by atoms with Crippen LogP contribution in [0.25, 0.3) is 10.9 Å². The number of nitrogens with zero attached hydrogens (tertiary/aromatic N) is 2. The van der Waals surface area contributed by atoms with Gasteiger partial charge in [-0.25, -0.2) is 4.79 Å². The number of H-pyrrole nitrogens is 1. The molecule has 6 nitrogen and oxygen atoms in total. The van der Waals surface area contributed by atoms with Crippen molar-refractivity contribution in [2.75, 3.05) is 32.8 Å². The zero-order valence-corrected chi connectivity index (χ0v) is 12.5. The predicted octanol–water partition coefficient (Wildman–Crippen LogP) is 2.08. The summed E-state index contributed by atoms with van der Waals surface area (Å²) in [5.74, 6) is 0.00806. The Kier molecular flexibility index (Phi) is 4.00. The van der Waals surface area contributed by atoms with Gasteiger partial charge < -0.3 is 19.5 Å². The van der Waals surface area contributed by atoms with Gasteiger partial charge in [0.1, 0.15) is 0 Å². The van der Waals surface area contributed by atoms with Crippen molar-refractivity contribution in [3.8, 4) is 0 Å². The summed E-state index contributed by atoms with van der Waals surface area (Å²) < 4.78 is 4.99. The van der Waals surface area contributed by atoms with Gasteiger partial charge in [0, 0.05) is 48.8 Å². The van der Waals surface area contributed by atoms with Crippen LogP contribution >= 0.6 is 0 Å². The van der Waals surface area contributed by atoms with E-state index >= 15 is 0 Å². The van der Waals surface area contributed by atoms with Crippen molar-refractivity contribution in [2.24, 2.45) is 0 Å². The molecule has 0 aliphatic carbocycles. The molecule has 1 aliphatic rings. The van der Waals surface area contributed by atoms with Crippen LogP contribution in [0.5, 0.6) is 0 Å². The van der Waals surface area contributed by atoms with Gasteiger partial charge in [0.15, 0.2) is 0 Å². The number of ether oxygens (including phenoxy) is 1. The Morgan fingerprint density at radius 3 is 2.59 bits per heavy atom. The SMILES string of the molecule is CCOC(=O)N1CCN(C(=O)c2cccc3[nH]ccc23)CC1. The Hall–Kier alpha value is -2.50. The first-order valence-electron chi connectivity index (χ1n) is 7.47. The Labute approximate surface area is 128 Å². The van der Waals surface area contributed by atoms with Gasteiger partial charge in [0.2, 0.25) is 0 Å². The summed E-state index contributed by atoms with van der Waals surface area (Å²) in [4.78, 5) is 30.9. The van der Waals surface area contributed by atoms with Crippen LogP contribution in [0.15, 0.2) is 30.5 Å². The molecule has 0 spiro atoms. The number of carbonyl (C=O) groups is 2. The second-order valence-electron chi connectivity index (χ2n) is 5.22. The third-order valence-electron chi connectivity index (χ3n) is 3.92. The van der Waals surface area contributed by atoms with E-state index in [4.69, 9.17) is 4.74 Å². The van der Waals surface area contributed by atoms with Gasteiger partial charge in [-0.1, -0.05) is 6.07 Å². The lowest BCUT2D eigenvalue weighted by Crippen LogP contribution is -2.50. The molecule has 3 rings (SSSR count). The highest BCUT2D eigenvalue weighted by molar-refractivity contribution is 6.06. The van der Waals surface area contributed by atoms with Crippen LogP contribution in [0, 0.1) is 0 Å². The fourth-order valence-electron chi connectivity index (χ4n) is 2.75. The van der Waals surface area contributed by atoms with E-state index in [1.54, 1.807) is 16.7 Å². The largest absolute Gasteiger partial charge is 0.450 e. The van der Waals surface area contributed by atoms with E-state index in [1.807, 2.05) is 30.5 Å². The topological polar surface area (TPSA) is 65.6 Å². The molecule has 0 atom stereocenters. The molecule has 0 bridgehead atoms. The Morgan fingerprint density at radius 2 is 1.86 bits per heavy atom. The van der Waals surface area contributed by atoms with E-state index in [0.717, 1.165) is 10.9 Å². The number of fused-ring (bicyclic) bond motifs is 1. The second-order valence-corrected chi connectivity index (χ2v) is 5.22. The first-order chi connectivity index (χ1) is 10.7. The smallest absolute Gasteiger partial charge is 0.409 e. The molecule has 2 aromatic rings. The number of hydrogen-bond acceptors (Lipinski definition) is 3. The third-order valence-corrected chi connectivity index (χ3v) is 3.92. The summed E-state index contributed by atoms with van der Waals surface area (Å²) in [6.45, 7) is 4.22. The molecule has 0 saturated carbocycles. The van der Waals surface area contributed by atoms with Gasteiger partial charge in [-0.15, -0.1) is 0 Å². The number of aromatic nitrogens is 1. The average molecular weight is 301 g/mol. The molecule has 1 N–H and O–H groups in total. The maximum atomic E-state index is 12.7. The van der Waals surface area contributed by atoms with Crippen LogP contribution in [0.2, 0.25) is 0 Å². The zero-order chi connectivity index (χ0) is 15.5. The van der Waals surface area contributed by atoms with E-state index in [9.17, 15) is 9.59 Å². The van der Waals surface area contributed by atoms with Crippen molar-refractivity contribution in [3.05, 3.63) is 36.0 Å². The molecule has 1 aliphatic heterocycles.